The van der Waals surface area contributed by atoms with Gasteiger partial charge in [-0.05, 0) is 36.4 Å². The van der Waals surface area contributed by atoms with Crippen LogP contribution >= 0.6 is 11.6 Å². The number of nitrogens with zero attached hydrogens (tertiary/aromatic N) is 1. The average Bonchev–Trinajstić information content (AvgIpc) is 3.01. The van der Waals surface area contributed by atoms with Crippen LogP contribution in [0.15, 0.2) is 41.5 Å². The molecule has 4 rings (SSSR count). The second-order valence-electron chi connectivity index (χ2n) is 5.39. The van der Waals surface area contributed by atoms with Crippen molar-refractivity contribution in [3.63, 3.8) is 0 Å². The zero-order valence-corrected chi connectivity index (χ0v) is 12.8. The molecule has 0 saturated carbocycles. The van der Waals surface area contributed by atoms with Gasteiger partial charge in [-0.15, -0.1) is 0 Å². The highest BCUT2D eigenvalue weighted by atomic mass is 35.5. The minimum Gasteiger partial charge on any atom is -0.324 e. The molecular weight excluding hydrogens is 335 g/mol. The zero-order valence-electron chi connectivity index (χ0n) is 12.1. The fourth-order valence-corrected chi connectivity index (χ4v) is 2.91. The maximum absolute atomic E-state index is 13.4. The Morgan fingerprint density at radius 2 is 1.88 bits per heavy atom. The third-order valence-corrected chi connectivity index (χ3v) is 4.09. The van der Waals surface area contributed by atoms with Gasteiger partial charge in [0.1, 0.15) is 11.9 Å². The molecule has 2 aliphatic rings. The Kier molecular flexibility index (Phi) is 3.24. The molecule has 0 fully saturated rings. The lowest BCUT2D eigenvalue weighted by atomic mass is 10.1. The summed E-state index contributed by atoms with van der Waals surface area (Å²) in [6, 6.07) is 8.15. The first-order chi connectivity index (χ1) is 11.5. The summed E-state index contributed by atoms with van der Waals surface area (Å²) in [5.41, 5.74) is 4.78. The van der Waals surface area contributed by atoms with E-state index in [2.05, 4.69) is 21.2 Å². The predicted molar refractivity (Wildman–Crippen MR) is 87.5 cm³/mol. The van der Waals surface area contributed by atoms with Gasteiger partial charge in [-0.25, -0.2) is 4.39 Å². The Balaban J connectivity index is 1.67. The normalized spacial score (nSPS) is 19.8. The molecule has 2 heterocycles. The van der Waals surface area contributed by atoms with Crippen molar-refractivity contribution < 1.29 is 14.0 Å². The van der Waals surface area contributed by atoms with Crippen LogP contribution in [-0.4, -0.2) is 17.5 Å². The molecule has 8 heteroatoms. The van der Waals surface area contributed by atoms with Crippen LogP contribution in [0.2, 0.25) is 5.02 Å². The number of amides is 2. The highest BCUT2D eigenvalue weighted by Crippen LogP contribution is 2.33. The molecular formula is C16H10ClFN4O2. The molecule has 0 bridgehead atoms. The summed E-state index contributed by atoms with van der Waals surface area (Å²) >= 11 is 5.96. The Labute approximate surface area is 140 Å². The summed E-state index contributed by atoms with van der Waals surface area (Å²) < 4.78 is 13.4. The molecule has 1 unspecified atom stereocenters. The van der Waals surface area contributed by atoms with Crippen molar-refractivity contribution in [2.24, 2.45) is 5.10 Å². The van der Waals surface area contributed by atoms with Gasteiger partial charge in [0.2, 0.25) is 0 Å². The van der Waals surface area contributed by atoms with Gasteiger partial charge < -0.3 is 10.6 Å². The molecule has 0 aromatic heterocycles. The number of carbonyl (C=O) groups is 2. The number of halogens is 2. The Morgan fingerprint density at radius 3 is 2.71 bits per heavy atom. The molecule has 3 N–H and O–H groups in total. The second kappa shape index (κ2) is 5.31. The third kappa shape index (κ3) is 2.30. The fraction of sp³-hybridized carbons (Fsp3) is 0.0625. The van der Waals surface area contributed by atoms with Crippen LogP contribution in [-0.2, 0) is 9.59 Å². The molecule has 2 aliphatic heterocycles. The number of fused-ring (bicyclic) bond motifs is 2. The fourth-order valence-electron chi connectivity index (χ4n) is 2.73. The van der Waals surface area contributed by atoms with Crippen molar-refractivity contribution in [3.05, 3.63) is 58.4 Å². The Morgan fingerprint density at radius 1 is 1.08 bits per heavy atom. The molecule has 0 saturated heterocycles. The number of benzene rings is 2. The summed E-state index contributed by atoms with van der Waals surface area (Å²) in [4.78, 5) is 24.1. The van der Waals surface area contributed by atoms with Gasteiger partial charge >= 0.3 is 0 Å². The zero-order chi connectivity index (χ0) is 16.8. The van der Waals surface area contributed by atoms with Crippen molar-refractivity contribution in [2.75, 3.05) is 10.6 Å². The van der Waals surface area contributed by atoms with Gasteiger partial charge in [-0.3, -0.25) is 15.0 Å². The maximum Gasteiger partial charge on any atom is 0.276 e. The molecule has 1 atom stereocenters. The van der Waals surface area contributed by atoms with Crippen molar-refractivity contribution in [1.29, 1.82) is 0 Å². The molecule has 0 aliphatic carbocycles. The van der Waals surface area contributed by atoms with E-state index in [1.165, 1.54) is 18.2 Å². The highest BCUT2D eigenvalue weighted by Gasteiger charge is 2.32. The van der Waals surface area contributed by atoms with E-state index >= 15 is 0 Å². The minimum absolute atomic E-state index is 0.0211. The molecule has 6 nitrogen and oxygen atoms in total. The van der Waals surface area contributed by atoms with E-state index in [0.717, 1.165) is 0 Å². The van der Waals surface area contributed by atoms with Gasteiger partial charge in [0.05, 0.1) is 5.69 Å². The lowest BCUT2D eigenvalue weighted by molar-refractivity contribution is -0.117. The Bertz CT molecular complexity index is 928. The van der Waals surface area contributed by atoms with E-state index in [1.807, 2.05) is 0 Å². The van der Waals surface area contributed by atoms with E-state index in [4.69, 9.17) is 11.6 Å². The smallest absolute Gasteiger partial charge is 0.276 e. The predicted octanol–water partition coefficient (Wildman–Crippen LogP) is 2.42. The largest absolute Gasteiger partial charge is 0.324 e. The van der Waals surface area contributed by atoms with Crippen LogP contribution in [0, 0.1) is 5.82 Å². The molecule has 2 aromatic rings. The molecule has 2 amide bonds. The SMILES string of the molecule is O=C1Nc2ccc(F)cc2/C1=N/NC1C(=O)Nc2ccc(Cl)cc21. The highest BCUT2D eigenvalue weighted by molar-refractivity contribution is 6.53. The van der Waals surface area contributed by atoms with E-state index in [0.29, 0.717) is 27.5 Å². The number of nitrogens with one attached hydrogen (secondary N) is 3. The summed E-state index contributed by atoms with van der Waals surface area (Å²) in [5, 5.41) is 9.80. The first-order valence-electron chi connectivity index (χ1n) is 7.08. The van der Waals surface area contributed by atoms with Crippen molar-refractivity contribution >= 4 is 40.5 Å². The lowest BCUT2D eigenvalue weighted by Gasteiger charge is -2.09. The Hall–Kier alpha value is -2.93. The van der Waals surface area contributed by atoms with E-state index < -0.39 is 17.8 Å². The standard InChI is InChI=1S/C16H10ClFN4O2/c17-7-1-3-11-9(5-7)13(15(23)19-11)21-22-14-10-6-8(18)2-4-12(10)20-16(14)24/h1-6,13,21H,(H,19,23)(H,20,22,24). The molecule has 2 aromatic carbocycles. The van der Waals surface area contributed by atoms with E-state index in [1.54, 1.807) is 18.2 Å². The summed E-state index contributed by atoms with van der Waals surface area (Å²) in [6.07, 6.45) is 0. The average molecular weight is 345 g/mol. The van der Waals surface area contributed by atoms with Gasteiger partial charge in [0, 0.05) is 21.8 Å². The number of hydrazone groups is 1. The van der Waals surface area contributed by atoms with Crippen molar-refractivity contribution in [3.8, 4) is 0 Å². The molecule has 24 heavy (non-hydrogen) atoms. The van der Waals surface area contributed by atoms with Crippen molar-refractivity contribution in [2.45, 2.75) is 6.04 Å². The first-order valence-corrected chi connectivity index (χ1v) is 7.45. The number of hydrogen-bond donors (Lipinski definition) is 3. The van der Waals surface area contributed by atoms with Crippen LogP contribution in [0.1, 0.15) is 17.2 Å². The first kappa shape index (κ1) is 14.6. The van der Waals surface area contributed by atoms with E-state index in [9.17, 15) is 14.0 Å². The quantitative estimate of drug-likeness (QED) is 0.732. The number of rotatable bonds is 2. The van der Waals surface area contributed by atoms with Gasteiger partial charge in [0.25, 0.3) is 11.8 Å². The van der Waals surface area contributed by atoms with Crippen LogP contribution in [0.3, 0.4) is 0 Å². The summed E-state index contributed by atoms with van der Waals surface area (Å²) in [7, 11) is 0. The van der Waals surface area contributed by atoms with Crippen LogP contribution in [0.5, 0.6) is 0 Å². The summed E-state index contributed by atoms with van der Waals surface area (Å²) in [5.74, 6) is -1.25. The molecule has 120 valence electrons. The topological polar surface area (TPSA) is 82.6 Å². The molecule has 0 spiro atoms. The number of carbonyl (C=O) groups excluding carboxylic acids is 2. The molecule has 0 radical (unpaired) electrons. The van der Waals surface area contributed by atoms with Gasteiger partial charge in [0.15, 0.2) is 5.71 Å². The van der Waals surface area contributed by atoms with Gasteiger partial charge in [-0.2, -0.15) is 5.10 Å². The van der Waals surface area contributed by atoms with Crippen LogP contribution < -0.4 is 16.1 Å². The number of hydrogen-bond acceptors (Lipinski definition) is 4. The number of anilines is 2. The monoisotopic (exact) mass is 344 g/mol. The summed E-state index contributed by atoms with van der Waals surface area (Å²) in [6.45, 7) is 0. The minimum atomic E-state index is -0.781. The maximum atomic E-state index is 13.4. The van der Waals surface area contributed by atoms with Gasteiger partial charge in [-0.1, -0.05) is 11.6 Å². The van der Waals surface area contributed by atoms with E-state index in [-0.39, 0.29) is 11.6 Å². The second-order valence-corrected chi connectivity index (χ2v) is 5.82. The van der Waals surface area contributed by atoms with Crippen LogP contribution in [0.4, 0.5) is 15.8 Å². The van der Waals surface area contributed by atoms with Crippen molar-refractivity contribution in [1.82, 2.24) is 5.43 Å². The lowest BCUT2D eigenvalue weighted by Crippen LogP contribution is -2.26. The van der Waals surface area contributed by atoms with Crippen LogP contribution in [0.25, 0.3) is 0 Å². The third-order valence-electron chi connectivity index (χ3n) is 3.85.